The van der Waals surface area contributed by atoms with Crippen molar-refractivity contribution in [1.82, 2.24) is 10.2 Å². The lowest BCUT2D eigenvalue weighted by Crippen LogP contribution is -2.48. The van der Waals surface area contributed by atoms with Crippen LogP contribution < -0.4 is 5.32 Å². The Labute approximate surface area is 198 Å². The van der Waals surface area contributed by atoms with Gasteiger partial charge in [0.1, 0.15) is 19.2 Å². The van der Waals surface area contributed by atoms with Gasteiger partial charge in [0.15, 0.2) is 0 Å². The molecule has 7 heteroatoms. The van der Waals surface area contributed by atoms with Crippen molar-refractivity contribution in [1.29, 1.82) is 0 Å². The zero-order chi connectivity index (χ0) is 24.1. The van der Waals surface area contributed by atoms with E-state index in [1.807, 2.05) is 66.7 Å². The molecule has 34 heavy (non-hydrogen) atoms. The van der Waals surface area contributed by atoms with Crippen LogP contribution in [0.2, 0.25) is 0 Å². The average molecular weight is 459 g/mol. The minimum absolute atomic E-state index is 0.0919. The molecule has 0 saturated heterocycles. The van der Waals surface area contributed by atoms with E-state index in [0.29, 0.717) is 0 Å². The third-order valence-electron chi connectivity index (χ3n) is 5.90. The SMILES string of the molecule is C[C@@H](NC(=O)OCC1c2ccccc2-c2ccccc21)C(=O)N(CC(=O)O)Cc1ccccc1. The van der Waals surface area contributed by atoms with Gasteiger partial charge in [-0.3, -0.25) is 9.59 Å². The number of hydrogen-bond donors (Lipinski definition) is 2. The first-order valence-corrected chi connectivity index (χ1v) is 11.1. The van der Waals surface area contributed by atoms with Gasteiger partial charge in [-0.1, -0.05) is 78.9 Å². The highest BCUT2D eigenvalue weighted by Crippen LogP contribution is 2.44. The molecule has 0 fully saturated rings. The molecule has 2 N–H and O–H groups in total. The zero-order valence-electron chi connectivity index (χ0n) is 18.8. The van der Waals surface area contributed by atoms with Crippen molar-refractivity contribution in [2.75, 3.05) is 13.2 Å². The number of carboxylic acid groups (broad SMARTS) is 1. The van der Waals surface area contributed by atoms with E-state index in [4.69, 9.17) is 4.74 Å². The topological polar surface area (TPSA) is 95.9 Å². The van der Waals surface area contributed by atoms with Crippen LogP contribution in [0, 0.1) is 0 Å². The van der Waals surface area contributed by atoms with Crippen LogP contribution in [0.15, 0.2) is 78.9 Å². The molecule has 3 aromatic rings. The molecular weight excluding hydrogens is 432 g/mol. The molecule has 2 amide bonds. The maximum atomic E-state index is 12.9. The van der Waals surface area contributed by atoms with E-state index in [1.54, 1.807) is 0 Å². The van der Waals surface area contributed by atoms with Gasteiger partial charge in [-0.05, 0) is 34.7 Å². The second-order valence-corrected chi connectivity index (χ2v) is 8.27. The molecule has 0 saturated carbocycles. The van der Waals surface area contributed by atoms with Crippen LogP contribution in [0.1, 0.15) is 29.5 Å². The summed E-state index contributed by atoms with van der Waals surface area (Å²) in [7, 11) is 0. The predicted octanol–water partition coefficient (Wildman–Crippen LogP) is 4.03. The molecule has 0 unspecified atom stereocenters. The third kappa shape index (κ3) is 5.09. The number of amides is 2. The maximum absolute atomic E-state index is 12.9. The molecule has 1 atom stereocenters. The molecule has 1 aliphatic rings. The number of carboxylic acids is 1. The lowest BCUT2D eigenvalue weighted by molar-refractivity contribution is -0.145. The van der Waals surface area contributed by atoms with Crippen LogP contribution in [0.5, 0.6) is 0 Å². The first-order chi connectivity index (χ1) is 16.4. The van der Waals surface area contributed by atoms with Crippen molar-refractivity contribution < 1.29 is 24.2 Å². The Balaban J connectivity index is 1.38. The summed E-state index contributed by atoms with van der Waals surface area (Å²) in [6.07, 6.45) is -0.724. The number of aliphatic carboxylic acids is 1. The second kappa shape index (κ2) is 10.2. The average Bonchev–Trinajstić information content (AvgIpc) is 3.16. The summed E-state index contributed by atoms with van der Waals surface area (Å²) in [6, 6.07) is 24.2. The van der Waals surface area contributed by atoms with Crippen molar-refractivity contribution >= 4 is 18.0 Å². The first-order valence-electron chi connectivity index (χ1n) is 11.1. The Morgan fingerprint density at radius 1 is 0.912 bits per heavy atom. The Morgan fingerprint density at radius 2 is 1.47 bits per heavy atom. The molecule has 4 rings (SSSR count). The van der Waals surface area contributed by atoms with Crippen molar-refractivity contribution in [3.63, 3.8) is 0 Å². The molecule has 1 aliphatic carbocycles. The summed E-state index contributed by atoms with van der Waals surface area (Å²) in [4.78, 5) is 37.9. The van der Waals surface area contributed by atoms with Gasteiger partial charge in [0.2, 0.25) is 5.91 Å². The quantitative estimate of drug-likeness (QED) is 0.531. The predicted molar refractivity (Wildman–Crippen MR) is 127 cm³/mol. The molecule has 0 heterocycles. The van der Waals surface area contributed by atoms with E-state index >= 15 is 0 Å². The van der Waals surface area contributed by atoms with E-state index < -0.39 is 30.6 Å². The van der Waals surface area contributed by atoms with E-state index in [-0.39, 0.29) is 19.1 Å². The van der Waals surface area contributed by atoms with Gasteiger partial charge in [0, 0.05) is 12.5 Å². The molecule has 0 aliphatic heterocycles. The summed E-state index contributed by atoms with van der Waals surface area (Å²) in [5.74, 6) is -1.72. The van der Waals surface area contributed by atoms with Gasteiger partial charge < -0.3 is 20.1 Å². The van der Waals surface area contributed by atoms with Crippen molar-refractivity contribution in [3.8, 4) is 11.1 Å². The largest absolute Gasteiger partial charge is 0.480 e. The lowest BCUT2D eigenvalue weighted by atomic mass is 9.98. The fraction of sp³-hybridized carbons (Fsp3) is 0.222. The van der Waals surface area contributed by atoms with Gasteiger partial charge in [-0.25, -0.2) is 4.79 Å². The van der Waals surface area contributed by atoms with E-state index in [2.05, 4.69) is 17.4 Å². The minimum atomic E-state index is -1.13. The van der Waals surface area contributed by atoms with Crippen LogP contribution in [-0.4, -0.2) is 47.2 Å². The van der Waals surface area contributed by atoms with Crippen LogP contribution in [0.25, 0.3) is 11.1 Å². The van der Waals surface area contributed by atoms with Crippen LogP contribution in [0.3, 0.4) is 0 Å². The molecule has 174 valence electrons. The Kier molecular flexibility index (Phi) is 6.92. The molecule has 3 aromatic carbocycles. The number of alkyl carbamates (subject to hydrolysis) is 1. The summed E-state index contributed by atoms with van der Waals surface area (Å²) in [5.41, 5.74) is 5.24. The van der Waals surface area contributed by atoms with Gasteiger partial charge in [-0.15, -0.1) is 0 Å². The standard InChI is InChI=1S/C27H26N2O5/c1-18(26(32)29(16-25(30)31)15-19-9-3-2-4-10-19)28-27(33)34-17-24-22-13-7-5-11-20(22)21-12-6-8-14-23(21)24/h2-14,18,24H,15-17H2,1H3,(H,28,33)(H,30,31)/t18-/m1/s1. The fourth-order valence-corrected chi connectivity index (χ4v) is 4.33. The minimum Gasteiger partial charge on any atom is -0.480 e. The van der Waals surface area contributed by atoms with E-state index in [9.17, 15) is 19.5 Å². The normalized spacial score (nSPS) is 12.9. The van der Waals surface area contributed by atoms with E-state index in [1.165, 1.54) is 11.8 Å². The summed E-state index contributed by atoms with van der Waals surface area (Å²) in [6.45, 7) is 1.31. The summed E-state index contributed by atoms with van der Waals surface area (Å²) < 4.78 is 5.50. The van der Waals surface area contributed by atoms with Crippen molar-refractivity contribution in [3.05, 3.63) is 95.6 Å². The molecule has 0 radical (unpaired) electrons. The number of carbonyl (C=O) groups is 3. The highest BCUT2D eigenvalue weighted by Gasteiger charge is 2.30. The van der Waals surface area contributed by atoms with Crippen LogP contribution in [0.4, 0.5) is 4.79 Å². The van der Waals surface area contributed by atoms with Crippen LogP contribution >= 0.6 is 0 Å². The Morgan fingerprint density at radius 3 is 2.06 bits per heavy atom. The number of nitrogens with one attached hydrogen (secondary N) is 1. The number of hydrogen-bond acceptors (Lipinski definition) is 4. The molecule has 0 aromatic heterocycles. The fourth-order valence-electron chi connectivity index (χ4n) is 4.33. The Hall–Kier alpha value is -4.13. The number of carbonyl (C=O) groups excluding carboxylic acids is 2. The third-order valence-corrected chi connectivity index (χ3v) is 5.90. The zero-order valence-corrected chi connectivity index (χ0v) is 18.8. The molecule has 0 bridgehead atoms. The highest BCUT2D eigenvalue weighted by atomic mass is 16.5. The number of rotatable bonds is 8. The molecule has 0 spiro atoms. The maximum Gasteiger partial charge on any atom is 0.407 e. The van der Waals surface area contributed by atoms with Gasteiger partial charge in [-0.2, -0.15) is 0 Å². The van der Waals surface area contributed by atoms with Gasteiger partial charge in [0.05, 0.1) is 0 Å². The van der Waals surface area contributed by atoms with Crippen molar-refractivity contribution in [2.45, 2.75) is 25.4 Å². The Bertz CT molecular complexity index is 1150. The summed E-state index contributed by atoms with van der Waals surface area (Å²) >= 11 is 0. The van der Waals surface area contributed by atoms with E-state index in [0.717, 1.165) is 27.8 Å². The van der Waals surface area contributed by atoms with Gasteiger partial charge in [0.25, 0.3) is 0 Å². The lowest BCUT2D eigenvalue weighted by Gasteiger charge is -2.25. The first kappa shape index (κ1) is 23.0. The number of nitrogens with zero attached hydrogens (tertiary/aromatic N) is 1. The van der Waals surface area contributed by atoms with Gasteiger partial charge >= 0.3 is 12.1 Å². The number of fused-ring (bicyclic) bond motifs is 3. The smallest absolute Gasteiger partial charge is 0.407 e. The number of ether oxygens (including phenoxy) is 1. The summed E-state index contributed by atoms with van der Waals surface area (Å²) in [5, 5.41) is 11.8. The number of benzene rings is 3. The van der Waals surface area contributed by atoms with Crippen LogP contribution in [-0.2, 0) is 20.9 Å². The molecular formula is C27H26N2O5. The molecule has 7 nitrogen and oxygen atoms in total. The highest BCUT2D eigenvalue weighted by molar-refractivity contribution is 5.88. The van der Waals surface area contributed by atoms with Crippen molar-refractivity contribution in [2.24, 2.45) is 0 Å². The second-order valence-electron chi connectivity index (χ2n) is 8.27. The monoisotopic (exact) mass is 458 g/mol.